The number of esters is 3. The van der Waals surface area contributed by atoms with Crippen LogP contribution < -0.4 is 28.4 Å². The molecule has 11 heteroatoms. The van der Waals surface area contributed by atoms with Gasteiger partial charge in [0.05, 0.1) is 21.3 Å². The fourth-order valence-electron chi connectivity index (χ4n) is 3.68. The van der Waals surface area contributed by atoms with Gasteiger partial charge >= 0.3 is 17.9 Å². The number of benzene rings is 3. The molecule has 0 heterocycles. The van der Waals surface area contributed by atoms with Crippen molar-refractivity contribution in [3.8, 4) is 34.5 Å². The molecule has 0 bridgehead atoms. The minimum atomic E-state index is -1.27. The predicted octanol–water partition coefficient (Wildman–Crippen LogP) is 4.45. The minimum absolute atomic E-state index is 0.137. The van der Waals surface area contributed by atoms with Crippen LogP contribution in [0.3, 0.4) is 0 Å². The van der Waals surface area contributed by atoms with Gasteiger partial charge in [0.2, 0.25) is 5.78 Å². The Kier molecular flexibility index (Phi) is 11.1. The quantitative estimate of drug-likeness (QED) is 0.123. The number of Topliss-reactive ketones (excluding diaryl/α,β-unsaturated/α-hetero) is 1. The molecule has 0 aliphatic rings. The van der Waals surface area contributed by atoms with Crippen molar-refractivity contribution in [2.24, 2.45) is 0 Å². The Balaban J connectivity index is 1.81. The van der Waals surface area contributed by atoms with Gasteiger partial charge < -0.3 is 33.2 Å². The maximum Gasteiger partial charge on any atom is 0.330 e. The molecule has 0 aliphatic carbocycles. The van der Waals surface area contributed by atoms with Gasteiger partial charge in [-0.2, -0.15) is 0 Å². The molecule has 3 aromatic carbocycles. The molecule has 0 N–H and O–H groups in total. The van der Waals surface area contributed by atoms with Crippen LogP contribution in [-0.2, 0) is 19.1 Å². The first kappa shape index (κ1) is 31.2. The summed E-state index contributed by atoms with van der Waals surface area (Å²) in [5, 5.41) is 0. The Hall–Kier alpha value is -5.32. The molecule has 0 saturated carbocycles. The summed E-state index contributed by atoms with van der Waals surface area (Å²) >= 11 is 0. The number of hydrogen-bond donors (Lipinski definition) is 0. The highest BCUT2D eigenvalue weighted by atomic mass is 16.6. The summed E-state index contributed by atoms with van der Waals surface area (Å²) in [6, 6.07) is 15.7. The predicted molar refractivity (Wildman–Crippen MR) is 150 cm³/mol. The second-order valence-electron chi connectivity index (χ2n) is 8.55. The number of para-hydroxylation sites is 2. The van der Waals surface area contributed by atoms with Gasteiger partial charge in [-0.25, -0.2) is 4.79 Å². The van der Waals surface area contributed by atoms with E-state index in [-0.39, 0.29) is 28.6 Å². The number of ether oxygens (including phenoxy) is 7. The van der Waals surface area contributed by atoms with Crippen LogP contribution in [0.15, 0.2) is 66.7 Å². The van der Waals surface area contributed by atoms with Gasteiger partial charge in [-0.1, -0.05) is 18.2 Å². The standard InChI is InChI=1S/C31H30O11/c1-19(32)40-25-13-10-21(16-27(25)37-4)11-15-30(34)39-18-29(42-24-9-7-6-8-23(24)36-3)31(35)22-12-14-26(41-20(2)33)28(17-22)38-5/h6-17,29H,18H2,1-5H3/b15-11+. The van der Waals surface area contributed by atoms with Crippen molar-refractivity contribution in [1.82, 2.24) is 0 Å². The maximum absolute atomic E-state index is 13.5. The van der Waals surface area contributed by atoms with Gasteiger partial charge in [0.1, 0.15) is 6.61 Å². The largest absolute Gasteiger partial charge is 0.493 e. The molecule has 1 atom stereocenters. The molecule has 0 saturated heterocycles. The Labute approximate surface area is 242 Å². The van der Waals surface area contributed by atoms with Crippen molar-refractivity contribution in [3.05, 3.63) is 77.9 Å². The topological polar surface area (TPSA) is 133 Å². The lowest BCUT2D eigenvalue weighted by molar-refractivity contribution is -0.139. The minimum Gasteiger partial charge on any atom is -0.493 e. The van der Waals surface area contributed by atoms with E-state index in [2.05, 4.69) is 0 Å². The average Bonchev–Trinajstić information content (AvgIpc) is 2.98. The normalized spacial score (nSPS) is 11.3. The van der Waals surface area contributed by atoms with E-state index < -0.39 is 36.4 Å². The van der Waals surface area contributed by atoms with E-state index in [1.165, 1.54) is 71.6 Å². The van der Waals surface area contributed by atoms with Crippen molar-refractivity contribution in [3.63, 3.8) is 0 Å². The van der Waals surface area contributed by atoms with E-state index in [0.717, 1.165) is 0 Å². The van der Waals surface area contributed by atoms with Crippen LogP contribution in [0.25, 0.3) is 6.08 Å². The monoisotopic (exact) mass is 578 g/mol. The summed E-state index contributed by atoms with van der Waals surface area (Å²) in [4.78, 5) is 48.8. The Morgan fingerprint density at radius 3 is 1.86 bits per heavy atom. The van der Waals surface area contributed by atoms with E-state index in [1.54, 1.807) is 36.4 Å². The zero-order valence-electron chi connectivity index (χ0n) is 23.7. The van der Waals surface area contributed by atoms with Crippen LogP contribution >= 0.6 is 0 Å². The van der Waals surface area contributed by atoms with Gasteiger partial charge in [-0.3, -0.25) is 14.4 Å². The summed E-state index contributed by atoms with van der Waals surface area (Å²) in [7, 11) is 4.24. The summed E-state index contributed by atoms with van der Waals surface area (Å²) < 4.78 is 37.3. The van der Waals surface area contributed by atoms with Crippen LogP contribution in [-0.4, -0.2) is 57.7 Å². The SMILES string of the molecule is COc1cc(/C=C/C(=O)OCC(Oc2ccccc2OC)C(=O)c2ccc(OC(C)=O)c(OC)c2)ccc1OC(C)=O. The van der Waals surface area contributed by atoms with E-state index >= 15 is 0 Å². The Morgan fingerprint density at radius 2 is 1.26 bits per heavy atom. The van der Waals surface area contributed by atoms with Crippen LogP contribution in [0.5, 0.6) is 34.5 Å². The summed E-state index contributed by atoms with van der Waals surface area (Å²) in [6.07, 6.45) is 1.37. The molecule has 3 aromatic rings. The van der Waals surface area contributed by atoms with Gasteiger partial charge in [-0.05, 0) is 54.1 Å². The second kappa shape index (κ2) is 14.9. The summed E-state index contributed by atoms with van der Waals surface area (Å²) in [5.41, 5.74) is 0.728. The Morgan fingerprint density at radius 1 is 0.690 bits per heavy atom. The molecule has 1 unspecified atom stereocenters. The highest BCUT2D eigenvalue weighted by molar-refractivity contribution is 6.00. The average molecular weight is 579 g/mol. The number of ketones is 1. The van der Waals surface area contributed by atoms with Gasteiger partial charge in [0, 0.05) is 25.5 Å². The molecule has 0 aromatic heterocycles. The molecular formula is C31H30O11. The highest BCUT2D eigenvalue weighted by Crippen LogP contribution is 2.31. The first-order valence-electron chi connectivity index (χ1n) is 12.6. The third-order valence-corrected chi connectivity index (χ3v) is 5.56. The van der Waals surface area contributed by atoms with Crippen molar-refractivity contribution < 1.29 is 52.3 Å². The molecular weight excluding hydrogens is 548 g/mol. The number of carbonyl (C=O) groups is 4. The van der Waals surface area contributed by atoms with E-state index in [9.17, 15) is 19.2 Å². The molecule has 0 radical (unpaired) electrons. The third-order valence-electron chi connectivity index (χ3n) is 5.56. The van der Waals surface area contributed by atoms with Gasteiger partial charge in [0.15, 0.2) is 40.6 Å². The highest BCUT2D eigenvalue weighted by Gasteiger charge is 2.26. The summed E-state index contributed by atoms with van der Waals surface area (Å²) in [5.74, 6) is -0.881. The molecule has 0 spiro atoms. The van der Waals surface area contributed by atoms with Crippen molar-refractivity contribution in [1.29, 1.82) is 0 Å². The van der Waals surface area contributed by atoms with E-state index in [1.807, 2.05) is 0 Å². The summed E-state index contributed by atoms with van der Waals surface area (Å²) in [6.45, 7) is 2.07. The third kappa shape index (κ3) is 8.59. The van der Waals surface area contributed by atoms with Crippen molar-refractivity contribution >= 4 is 29.8 Å². The van der Waals surface area contributed by atoms with Crippen LogP contribution in [0.1, 0.15) is 29.8 Å². The Bertz CT molecular complexity index is 1480. The zero-order chi connectivity index (χ0) is 30.6. The molecule has 3 rings (SSSR count). The zero-order valence-corrected chi connectivity index (χ0v) is 23.7. The smallest absolute Gasteiger partial charge is 0.330 e. The molecule has 0 amide bonds. The lowest BCUT2D eigenvalue weighted by Crippen LogP contribution is -2.33. The fourth-order valence-corrected chi connectivity index (χ4v) is 3.68. The van der Waals surface area contributed by atoms with E-state index in [0.29, 0.717) is 17.1 Å². The molecule has 220 valence electrons. The van der Waals surface area contributed by atoms with Crippen LogP contribution in [0.2, 0.25) is 0 Å². The molecule has 11 nitrogen and oxygen atoms in total. The first-order valence-corrected chi connectivity index (χ1v) is 12.6. The number of carbonyl (C=O) groups excluding carboxylic acids is 4. The van der Waals surface area contributed by atoms with Crippen molar-refractivity contribution in [2.75, 3.05) is 27.9 Å². The van der Waals surface area contributed by atoms with Crippen molar-refractivity contribution in [2.45, 2.75) is 20.0 Å². The molecule has 0 aliphatic heterocycles. The lowest BCUT2D eigenvalue weighted by Gasteiger charge is -2.20. The second-order valence-corrected chi connectivity index (χ2v) is 8.55. The van der Waals surface area contributed by atoms with Crippen LogP contribution in [0, 0.1) is 0 Å². The fraction of sp³-hybridized carbons (Fsp3) is 0.226. The number of rotatable bonds is 13. The molecule has 0 fully saturated rings. The van der Waals surface area contributed by atoms with E-state index in [4.69, 9.17) is 33.2 Å². The maximum atomic E-state index is 13.5. The van der Waals surface area contributed by atoms with Crippen LogP contribution in [0.4, 0.5) is 0 Å². The number of hydrogen-bond acceptors (Lipinski definition) is 11. The lowest BCUT2D eigenvalue weighted by atomic mass is 10.1. The van der Waals surface area contributed by atoms with Gasteiger partial charge in [-0.15, -0.1) is 0 Å². The first-order chi connectivity index (χ1) is 20.1. The number of methoxy groups -OCH3 is 3. The van der Waals surface area contributed by atoms with Gasteiger partial charge in [0.25, 0.3) is 0 Å². The molecule has 42 heavy (non-hydrogen) atoms.